The van der Waals surface area contributed by atoms with Crippen LogP contribution in [0.3, 0.4) is 0 Å². The van der Waals surface area contributed by atoms with Gasteiger partial charge in [-0.05, 0) is 25.8 Å². The normalized spacial score (nSPS) is 22.8. The van der Waals surface area contributed by atoms with E-state index >= 15 is 0 Å². The second-order valence-electron chi connectivity index (χ2n) is 4.39. The van der Waals surface area contributed by atoms with Gasteiger partial charge in [-0.1, -0.05) is 0 Å². The van der Waals surface area contributed by atoms with Crippen molar-refractivity contribution in [3.05, 3.63) is 17.5 Å². The molecular weight excluding hydrogens is 178 g/mol. The van der Waals surface area contributed by atoms with Crippen molar-refractivity contribution in [1.29, 1.82) is 0 Å². The number of hydrogen-bond acceptors (Lipinski definition) is 2. The van der Waals surface area contributed by atoms with E-state index in [1.165, 1.54) is 18.5 Å². The third-order valence-corrected chi connectivity index (χ3v) is 3.22. The van der Waals surface area contributed by atoms with E-state index in [1.54, 1.807) is 0 Å². The van der Waals surface area contributed by atoms with Gasteiger partial charge >= 0.3 is 0 Å². The predicted octanol–water partition coefficient (Wildman–Crippen LogP) is 0.353. The maximum Gasteiger partial charge on any atom is 0.241 e. The van der Waals surface area contributed by atoms with Gasteiger partial charge in [-0.2, -0.15) is 5.10 Å². The van der Waals surface area contributed by atoms with Crippen molar-refractivity contribution in [3.8, 4) is 0 Å². The molecule has 0 aromatic carbocycles. The summed E-state index contributed by atoms with van der Waals surface area (Å²) >= 11 is 0. The molecule has 2 heterocycles. The molecule has 1 N–H and O–H groups in total. The van der Waals surface area contributed by atoms with Gasteiger partial charge < -0.3 is 5.32 Å². The number of rotatable bonds is 0. The average Bonchev–Trinajstić information content (AvgIpc) is 2.85. The minimum absolute atomic E-state index is 0.0816. The van der Waals surface area contributed by atoms with Gasteiger partial charge in [-0.3, -0.25) is 9.48 Å². The number of aryl methyl sites for hydroxylation is 1. The molecule has 0 atom stereocenters. The van der Waals surface area contributed by atoms with Crippen LogP contribution in [0.15, 0.2) is 6.07 Å². The summed E-state index contributed by atoms with van der Waals surface area (Å²) in [6.07, 6.45) is 2.36. The van der Waals surface area contributed by atoms with Gasteiger partial charge in [0.1, 0.15) is 6.54 Å². The van der Waals surface area contributed by atoms with Gasteiger partial charge in [-0.25, -0.2) is 0 Å². The molecule has 3 rings (SSSR count). The van der Waals surface area contributed by atoms with Gasteiger partial charge in [0.25, 0.3) is 0 Å². The lowest BCUT2D eigenvalue weighted by Gasteiger charge is -2.11. The topological polar surface area (TPSA) is 46.9 Å². The van der Waals surface area contributed by atoms with Crippen LogP contribution in [0.5, 0.6) is 0 Å². The summed E-state index contributed by atoms with van der Waals surface area (Å²) in [5, 5.41) is 7.30. The number of nitrogens with one attached hydrogen (secondary N) is 1. The molecule has 2 aliphatic rings. The highest BCUT2D eigenvalue weighted by molar-refractivity contribution is 5.76. The zero-order valence-electron chi connectivity index (χ0n) is 8.21. The molecule has 0 unspecified atom stereocenters. The van der Waals surface area contributed by atoms with Crippen molar-refractivity contribution in [2.45, 2.75) is 31.7 Å². The first-order valence-corrected chi connectivity index (χ1v) is 5.01. The molecule has 1 fully saturated rings. The number of carbonyl (C=O) groups excluding carboxylic acids is 1. The Morgan fingerprint density at radius 3 is 3.07 bits per heavy atom. The zero-order chi connectivity index (χ0) is 9.76. The molecule has 1 aliphatic heterocycles. The molecule has 0 radical (unpaired) electrons. The molecule has 74 valence electrons. The van der Waals surface area contributed by atoms with Gasteiger partial charge in [-0.15, -0.1) is 0 Å². The third-order valence-electron chi connectivity index (χ3n) is 3.22. The quantitative estimate of drug-likeness (QED) is 0.643. The number of nitrogens with zero attached hydrogens (tertiary/aromatic N) is 2. The van der Waals surface area contributed by atoms with Crippen molar-refractivity contribution in [2.24, 2.45) is 0 Å². The van der Waals surface area contributed by atoms with Gasteiger partial charge in [0.2, 0.25) is 5.91 Å². The van der Waals surface area contributed by atoms with Crippen LogP contribution < -0.4 is 5.32 Å². The van der Waals surface area contributed by atoms with Crippen molar-refractivity contribution in [3.63, 3.8) is 0 Å². The van der Waals surface area contributed by atoms with E-state index in [4.69, 9.17) is 0 Å². The monoisotopic (exact) mass is 191 g/mol. The van der Waals surface area contributed by atoms with Crippen LogP contribution in [-0.2, 0) is 16.8 Å². The van der Waals surface area contributed by atoms with Crippen LogP contribution in [0.1, 0.15) is 24.2 Å². The smallest absolute Gasteiger partial charge is 0.241 e. The van der Waals surface area contributed by atoms with E-state index in [-0.39, 0.29) is 11.3 Å². The summed E-state index contributed by atoms with van der Waals surface area (Å²) in [6.45, 7) is 3.15. The largest absolute Gasteiger partial charge is 0.354 e. The summed E-state index contributed by atoms with van der Waals surface area (Å²) in [5.74, 6) is 0.0816. The number of amides is 1. The fraction of sp³-hybridized carbons (Fsp3) is 0.600. The maximum atomic E-state index is 11.4. The van der Waals surface area contributed by atoms with Gasteiger partial charge in [0, 0.05) is 17.7 Å². The molecule has 4 heteroatoms. The maximum absolute atomic E-state index is 11.4. The molecule has 1 aromatic heterocycles. The Balaban J connectivity index is 2.12. The van der Waals surface area contributed by atoms with Crippen molar-refractivity contribution in [2.75, 3.05) is 6.54 Å². The second-order valence-corrected chi connectivity index (χ2v) is 4.39. The Bertz CT molecular complexity index is 403. The van der Waals surface area contributed by atoms with Gasteiger partial charge in [0.15, 0.2) is 0 Å². The average molecular weight is 191 g/mol. The van der Waals surface area contributed by atoms with Crippen LogP contribution in [-0.4, -0.2) is 22.2 Å². The summed E-state index contributed by atoms with van der Waals surface area (Å²) in [4.78, 5) is 11.4. The molecule has 1 spiro atoms. The summed E-state index contributed by atoms with van der Waals surface area (Å²) in [5.41, 5.74) is 2.47. The lowest BCUT2D eigenvalue weighted by molar-refractivity contribution is -0.121. The molecule has 0 saturated heterocycles. The summed E-state index contributed by atoms with van der Waals surface area (Å²) in [6, 6.07) is 2.12. The van der Waals surface area contributed by atoms with E-state index in [9.17, 15) is 4.79 Å². The fourth-order valence-corrected chi connectivity index (χ4v) is 2.23. The van der Waals surface area contributed by atoms with E-state index < -0.39 is 0 Å². The third kappa shape index (κ3) is 0.997. The highest BCUT2D eigenvalue weighted by atomic mass is 16.2. The molecule has 1 aromatic rings. The van der Waals surface area contributed by atoms with E-state index in [0.29, 0.717) is 6.54 Å². The Labute approximate surface area is 82.3 Å². The molecular formula is C10H13N3O. The standard InChI is InChI=1S/C10H13N3O/c1-7-4-8-10(2-3-10)6-11-9(14)5-13(8)12-7/h4H,2-3,5-6H2,1H3,(H,11,14). The highest BCUT2D eigenvalue weighted by Crippen LogP contribution is 2.48. The lowest BCUT2D eigenvalue weighted by atomic mass is 10.0. The SMILES string of the molecule is Cc1cc2n(n1)CC(=O)NCC21CC1. The van der Waals surface area contributed by atoms with Crippen molar-refractivity contribution >= 4 is 5.91 Å². The lowest BCUT2D eigenvalue weighted by Crippen LogP contribution is -2.29. The molecule has 1 aliphatic carbocycles. The fourth-order valence-electron chi connectivity index (χ4n) is 2.23. The predicted molar refractivity (Wildman–Crippen MR) is 50.9 cm³/mol. The summed E-state index contributed by atoms with van der Waals surface area (Å²) in [7, 11) is 0. The number of fused-ring (bicyclic) bond motifs is 2. The molecule has 14 heavy (non-hydrogen) atoms. The van der Waals surface area contributed by atoms with Gasteiger partial charge in [0.05, 0.1) is 5.69 Å². The first kappa shape index (κ1) is 8.03. The number of hydrogen-bond donors (Lipinski definition) is 1. The Kier molecular flexibility index (Phi) is 1.36. The highest BCUT2D eigenvalue weighted by Gasteiger charge is 2.48. The molecule has 1 saturated carbocycles. The van der Waals surface area contributed by atoms with E-state index in [0.717, 1.165) is 12.2 Å². The van der Waals surface area contributed by atoms with E-state index in [2.05, 4.69) is 16.5 Å². The zero-order valence-corrected chi connectivity index (χ0v) is 8.21. The molecule has 1 amide bonds. The van der Waals surface area contributed by atoms with E-state index in [1.807, 2.05) is 11.6 Å². The van der Waals surface area contributed by atoms with Crippen molar-refractivity contribution in [1.82, 2.24) is 15.1 Å². The summed E-state index contributed by atoms with van der Waals surface area (Å²) < 4.78 is 1.87. The van der Waals surface area contributed by atoms with Crippen LogP contribution in [0.4, 0.5) is 0 Å². The van der Waals surface area contributed by atoms with Crippen LogP contribution >= 0.6 is 0 Å². The number of carbonyl (C=O) groups is 1. The Morgan fingerprint density at radius 2 is 2.36 bits per heavy atom. The van der Waals surface area contributed by atoms with Crippen molar-refractivity contribution < 1.29 is 4.79 Å². The Morgan fingerprint density at radius 1 is 1.57 bits per heavy atom. The minimum Gasteiger partial charge on any atom is -0.354 e. The number of aromatic nitrogens is 2. The van der Waals surface area contributed by atoms with Crippen LogP contribution in [0.2, 0.25) is 0 Å². The second kappa shape index (κ2) is 2.38. The van der Waals surface area contributed by atoms with Crippen LogP contribution in [0.25, 0.3) is 0 Å². The Hall–Kier alpha value is -1.32. The first-order valence-electron chi connectivity index (χ1n) is 5.01. The van der Waals surface area contributed by atoms with Crippen LogP contribution in [0, 0.1) is 6.92 Å². The molecule has 4 nitrogen and oxygen atoms in total. The first-order chi connectivity index (χ1) is 6.70. The molecule has 0 bridgehead atoms. The minimum atomic E-state index is 0.0816.